The zero-order valence-electron chi connectivity index (χ0n) is 21.2. The van der Waals surface area contributed by atoms with Crippen molar-refractivity contribution >= 4 is 38.3 Å². The Morgan fingerprint density at radius 3 is 2.44 bits per heavy atom. The smallest absolute Gasteiger partial charge is 0.410 e. The first-order valence-corrected chi connectivity index (χ1v) is 14.2. The van der Waals surface area contributed by atoms with Crippen LogP contribution in [0.25, 0.3) is 10.8 Å². The van der Waals surface area contributed by atoms with Crippen LogP contribution in [0, 0.1) is 0 Å². The second-order valence-electron chi connectivity index (χ2n) is 10.3. The van der Waals surface area contributed by atoms with Gasteiger partial charge in [-0.25, -0.2) is 18.0 Å². The van der Waals surface area contributed by atoms with Gasteiger partial charge in [0.1, 0.15) is 5.60 Å². The number of halogens is 1. The standard InChI is InChI=1S/C25H34ClN3O6S/c1-24(2,3)33-23(30)28-14-11-25(12-15-28)29(35-27(4)34-25)13-5-6-16-36(31,32)22-10-8-19-17-21(26)9-7-20(19)18-22/h7-10,17-18H,5-6,11-16H2,1-4H3. The van der Waals surface area contributed by atoms with Gasteiger partial charge in [-0.1, -0.05) is 23.7 Å². The van der Waals surface area contributed by atoms with Crippen LogP contribution in [0.15, 0.2) is 41.3 Å². The van der Waals surface area contributed by atoms with E-state index < -0.39 is 21.2 Å². The number of carbonyl (C=O) groups is 1. The molecule has 2 heterocycles. The Hall–Kier alpha value is -1.95. The van der Waals surface area contributed by atoms with Crippen molar-refractivity contribution in [2.75, 3.05) is 32.4 Å². The molecule has 2 aliphatic heterocycles. The highest BCUT2D eigenvalue weighted by molar-refractivity contribution is 7.91. The van der Waals surface area contributed by atoms with E-state index in [1.54, 1.807) is 41.3 Å². The zero-order chi connectivity index (χ0) is 26.1. The summed E-state index contributed by atoms with van der Waals surface area (Å²) in [6, 6.07) is 10.5. The Balaban J connectivity index is 1.31. The quantitative estimate of drug-likeness (QED) is 0.484. The van der Waals surface area contributed by atoms with Crippen molar-refractivity contribution in [3.8, 4) is 0 Å². The number of unbranched alkanes of at least 4 members (excludes halogenated alkanes) is 1. The number of ether oxygens (including phenoxy) is 1. The van der Waals surface area contributed by atoms with Gasteiger partial charge in [0, 0.05) is 44.5 Å². The van der Waals surface area contributed by atoms with Gasteiger partial charge in [-0.2, -0.15) is 4.94 Å². The number of hydroxylamine groups is 4. The third-order valence-corrected chi connectivity index (χ3v) is 8.35. The number of rotatable bonds is 6. The highest BCUT2D eigenvalue weighted by atomic mass is 35.5. The third-order valence-electron chi connectivity index (χ3n) is 6.32. The van der Waals surface area contributed by atoms with Crippen LogP contribution in [0.3, 0.4) is 0 Å². The van der Waals surface area contributed by atoms with Crippen molar-refractivity contribution in [3.05, 3.63) is 41.4 Å². The Bertz CT molecular complexity index is 1210. The topological polar surface area (TPSA) is 88.6 Å². The van der Waals surface area contributed by atoms with Crippen molar-refractivity contribution in [3.63, 3.8) is 0 Å². The van der Waals surface area contributed by atoms with Crippen LogP contribution < -0.4 is 0 Å². The summed E-state index contributed by atoms with van der Waals surface area (Å²) in [7, 11) is -1.75. The van der Waals surface area contributed by atoms with E-state index in [-0.39, 0.29) is 11.8 Å². The van der Waals surface area contributed by atoms with E-state index in [1.165, 1.54) is 5.23 Å². The van der Waals surface area contributed by atoms with E-state index >= 15 is 0 Å². The van der Waals surface area contributed by atoms with Gasteiger partial charge in [0.15, 0.2) is 15.6 Å². The fourth-order valence-corrected chi connectivity index (χ4v) is 6.10. The summed E-state index contributed by atoms with van der Waals surface area (Å²) >= 11 is 6.03. The normalized spacial score (nSPS) is 19.3. The predicted molar refractivity (Wildman–Crippen MR) is 137 cm³/mol. The molecule has 198 valence electrons. The summed E-state index contributed by atoms with van der Waals surface area (Å²) < 4.78 is 31.3. The maximum Gasteiger partial charge on any atom is 0.410 e. The second-order valence-corrected chi connectivity index (χ2v) is 12.9. The van der Waals surface area contributed by atoms with Crippen molar-refractivity contribution < 1.29 is 27.7 Å². The Morgan fingerprint density at radius 1 is 1.08 bits per heavy atom. The molecule has 0 aromatic heterocycles. The van der Waals surface area contributed by atoms with E-state index in [4.69, 9.17) is 26.1 Å². The fourth-order valence-electron chi connectivity index (χ4n) is 4.52. The minimum Gasteiger partial charge on any atom is -0.444 e. The fraction of sp³-hybridized carbons (Fsp3) is 0.560. The molecule has 4 rings (SSSR count). The minimum absolute atomic E-state index is 0.0378. The van der Waals surface area contributed by atoms with Crippen LogP contribution >= 0.6 is 11.6 Å². The van der Waals surface area contributed by atoms with E-state index in [0.29, 0.717) is 55.2 Å². The first-order chi connectivity index (χ1) is 16.9. The van der Waals surface area contributed by atoms with Crippen molar-refractivity contribution in [1.82, 2.24) is 15.2 Å². The third kappa shape index (κ3) is 6.30. The molecule has 36 heavy (non-hydrogen) atoms. The largest absolute Gasteiger partial charge is 0.444 e. The van der Waals surface area contributed by atoms with E-state index in [9.17, 15) is 13.2 Å². The molecule has 2 fully saturated rings. The molecule has 2 aliphatic rings. The Morgan fingerprint density at radius 2 is 1.75 bits per heavy atom. The van der Waals surface area contributed by atoms with Gasteiger partial charge in [0.2, 0.25) is 0 Å². The number of amides is 1. The Labute approximate surface area is 217 Å². The van der Waals surface area contributed by atoms with Gasteiger partial charge >= 0.3 is 6.09 Å². The van der Waals surface area contributed by atoms with E-state index in [0.717, 1.165) is 10.8 Å². The molecule has 2 aromatic rings. The Kier molecular flexibility index (Phi) is 7.85. The van der Waals surface area contributed by atoms with Gasteiger partial charge in [-0.15, -0.1) is 5.06 Å². The molecule has 1 spiro atoms. The van der Waals surface area contributed by atoms with Crippen molar-refractivity contribution in [1.29, 1.82) is 0 Å². The number of benzene rings is 2. The summed E-state index contributed by atoms with van der Waals surface area (Å²) in [6.07, 6.45) is 1.85. The molecule has 0 unspecified atom stereocenters. The van der Waals surface area contributed by atoms with Crippen LogP contribution in [0.1, 0.15) is 46.5 Å². The lowest BCUT2D eigenvalue weighted by molar-refractivity contribution is -0.339. The van der Waals surface area contributed by atoms with Crippen LogP contribution in [0.5, 0.6) is 0 Å². The molecule has 0 aliphatic carbocycles. The van der Waals surface area contributed by atoms with Gasteiger partial charge < -0.3 is 9.64 Å². The highest BCUT2D eigenvalue weighted by Crippen LogP contribution is 2.37. The molecule has 0 radical (unpaired) electrons. The highest BCUT2D eigenvalue weighted by Gasteiger charge is 2.50. The SMILES string of the molecule is CN1ON(CCCCS(=O)(=O)c2ccc3cc(Cl)ccc3c2)C2(CCN(C(=O)OC(C)(C)C)CC2)O1. The molecular formula is C25H34ClN3O6S. The lowest BCUT2D eigenvalue weighted by atomic mass is 10.00. The molecule has 1 amide bonds. The second kappa shape index (κ2) is 10.4. The number of hydrogen-bond donors (Lipinski definition) is 0. The zero-order valence-corrected chi connectivity index (χ0v) is 22.8. The molecule has 11 heteroatoms. The molecule has 9 nitrogen and oxygen atoms in total. The summed E-state index contributed by atoms with van der Waals surface area (Å²) in [5.41, 5.74) is -1.24. The molecule has 0 bridgehead atoms. The average Bonchev–Trinajstić information content (AvgIpc) is 3.09. The average molecular weight is 540 g/mol. The minimum atomic E-state index is -3.43. The molecule has 0 saturated carbocycles. The molecule has 2 saturated heterocycles. The monoisotopic (exact) mass is 539 g/mol. The van der Waals surface area contributed by atoms with Gasteiger partial charge in [0.05, 0.1) is 10.6 Å². The lowest BCUT2D eigenvalue weighted by Crippen LogP contribution is -2.54. The number of sulfone groups is 1. The first-order valence-electron chi connectivity index (χ1n) is 12.2. The van der Waals surface area contributed by atoms with Crippen molar-refractivity contribution in [2.24, 2.45) is 0 Å². The number of hydrogen-bond acceptors (Lipinski definition) is 8. The van der Waals surface area contributed by atoms with Crippen LogP contribution in [-0.2, 0) is 24.4 Å². The maximum absolute atomic E-state index is 12.9. The van der Waals surface area contributed by atoms with Crippen LogP contribution in [-0.4, -0.2) is 73.5 Å². The van der Waals surface area contributed by atoms with Crippen molar-refractivity contribution in [2.45, 2.75) is 62.7 Å². The molecule has 2 aromatic carbocycles. The molecular weight excluding hydrogens is 506 g/mol. The number of fused-ring (bicyclic) bond motifs is 1. The van der Waals surface area contributed by atoms with E-state index in [2.05, 4.69) is 0 Å². The van der Waals surface area contributed by atoms with E-state index in [1.807, 2.05) is 32.9 Å². The number of piperidine rings is 1. The van der Waals surface area contributed by atoms with Gasteiger partial charge in [0.25, 0.3) is 0 Å². The number of likely N-dealkylation sites (tertiary alicyclic amines) is 1. The van der Waals surface area contributed by atoms with Crippen LogP contribution in [0.4, 0.5) is 4.79 Å². The van der Waals surface area contributed by atoms with Gasteiger partial charge in [-0.3, -0.25) is 0 Å². The van der Waals surface area contributed by atoms with Crippen LogP contribution in [0.2, 0.25) is 5.02 Å². The van der Waals surface area contributed by atoms with Gasteiger partial charge in [-0.05, 0) is 73.9 Å². The number of carbonyl (C=O) groups excluding carboxylic acids is 1. The summed E-state index contributed by atoms with van der Waals surface area (Å²) in [4.78, 5) is 26.1. The summed E-state index contributed by atoms with van der Waals surface area (Å²) in [5.74, 6) is 0.0378. The molecule has 0 atom stereocenters. The summed E-state index contributed by atoms with van der Waals surface area (Å²) in [5, 5.41) is 5.45. The maximum atomic E-state index is 12.9. The predicted octanol–water partition coefficient (Wildman–Crippen LogP) is 4.80. The molecule has 0 N–H and O–H groups in total. The first kappa shape index (κ1) is 27.1. The number of nitrogens with zero attached hydrogens (tertiary/aromatic N) is 3. The lowest BCUT2D eigenvalue weighted by Gasteiger charge is -2.40. The summed E-state index contributed by atoms with van der Waals surface area (Å²) in [6.45, 7) is 6.99.